The molecule has 0 aliphatic heterocycles. The fourth-order valence-corrected chi connectivity index (χ4v) is 1.41. The Hall–Kier alpha value is -0.570. The fraction of sp³-hybridized carbons (Fsp3) is 0.500. The summed E-state index contributed by atoms with van der Waals surface area (Å²) >= 11 is 3.47. The van der Waals surface area contributed by atoms with Crippen molar-refractivity contribution < 1.29 is 0 Å². The molecule has 0 radical (unpaired) electrons. The van der Waals surface area contributed by atoms with Crippen LogP contribution in [0, 0.1) is 13.8 Å². The molecule has 1 unspecified atom stereocenters. The minimum atomic E-state index is 0.409. The van der Waals surface area contributed by atoms with Crippen LogP contribution in [0.5, 0.6) is 0 Å². The van der Waals surface area contributed by atoms with Gasteiger partial charge in [-0.15, -0.1) is 0 Å². The number of allylic oxidation sites excluding steroid dienone is 1. The highest BCUT2D eigenvalue weighted by molar-refractivity contribution is 9.09. The highest BCUT2D eigenvalue weighted by Gasteiger charge is 2.05. The Morgan fingerprint density at radius 3 is 2.46 bits per heavy atom. The first-order valence-corrected chi connectivity index (χ1v) is 5.26. The fourth-order valence-electron chi connectivity index (χ4n) is 1.26. The quantitative estimate of drug-likeness (QED) is 0.730. The molecule has 0 aliphatic rings. The number of hydrogen-bond acceptors (Lipinski definition) is 1. The highest BCUT2D eigenvalue weighted by Crippen LogP contribution is 2.14. The summed E-state index contributed by atoms with van der Waals surface area (Å²) in [6, 6.07) is 0. The molecular weight excluding hydrogens is 228 g/mol. The van der Waals surface area contributed by atoms with E-state index in [9.17, 15) is 0 Å². The van der Waals surface area contributed by atoms with Crippen LogP contribution < -0.4 is 0 Å². The Kier molecular flexibility index (Phi) is 3.31. The average molecular weight is 243 g/mol. The molecule has 1 aromatic heterocycles. The van der Waals surface area contributed by atoms with Crippen molar-refractivity contribution in [2.24, 2.45) is 7.05 Å². The molecule has 0 fully saturated rings. The minimum absolute atomic E-state index is 0.409. The van der Waals surface area contributed by atoms with Gasteiger partial charge in [-0.3, -0.25) is 4.68 Å². The molecule has 72 valence electrons. The average Bonchev–Trinajstić information content (AvgIpc) is 2.24. The lowest BCUT2D eigenvalue weighted by molar-refractivity contribution is 0.731. The maximum atomic E-state index is 4.34. The van der Waals surface area contributed by atoms with E-state index in [-0.39, 0.29) is 0 Å². The largest absolute Gasteiger partial charge is 0.272 e. The van der Waals surface area contributed by atoms with E-state index in [4.69, 9.17) is 0 Å². The van der Waals surface area contributed by atoms with Gasteiger partial charge in [0.1, 0.15) is 0 Å². The van der Waals surface area contributed by atoms with Gasteiger partial charge in [0.05, 0.1) is 5.69 Å². The summed E-state index contributed by atoms with van der Waals surface area (Å²) in [5, 5.41) is 4.34. The summed E-state index contributed by atoms with van der Waals surface area (Å²) in [4.78, 5) is 0.409. The van der Waals surface area contributed by atoms with Gasteiger partial charge in [-0.25, -0.2) is 0 Å². The van der Waals surface area contributed by atoms with E-state index in [0.29, 0.717) is 4.83 Å². The van der Waals surface area contributed by atoms with Crippen molar-refractivity contribution in [1.82, 2.24) is 9.78 Å². The molecule has 0 aromatic carbocycles. The monoisotopic (exact) mass is 242 g/mol. The summed E-state index contributed by atoms with van der Waals surface area (Å²) in [6.45, 7) is 6.21. The van der Waals surface area contributed by atoms with Crippen LogP contribution in [0.1, 0.15) is 23.9 Å². The van der Waals surface area contributed by atoms with Gasteiger partial charge in [-0.05, 0) is 20.8 Å². The zero-order valence-corrected chi connectivity index (χ0v) is 10.1. The van der Waals surface area contributed by atoms with Gasteiger partial charge in [0.2, 0.25) is 0 Å². The highest BCUT2D eigenvalue weighted by atomic mass is 79.9. The van der Waals surface area contributed by atoms with Crippen LogP contribution in [-0.2, 0) is 7.05 Å². The number of aryl methyl sites for hydroxylation is 2. The SMILES string of the molecule is Cc1nn(C)c(C)c1/C=C/C(C)Br. The predicted octanol–water partition coefficient (Wildman–Crippen LogP) is 2.83. The Morgan fingerprint density at radius 1 is 1.46 bits per heavy atom. The Bertz CT molecular complexity index is 324. The molecule has 13 heavy (non-hydrogen) atoms. The molecule has 1 atom stereocenters. The van der Waals surface area contributed by atoms with E-state index < -0.39 is 0 Å². The third-order valence-electron chi connectivity index (χ3n) is 2.09. The van der Waals surface area contributed by atoms with Crippen LogP contribution in [0.2, 0.25) is 0 Å². The first-order valence-electron chi connectivity index (χ1n) is 4.35. The minimum Gasteiger partial charge on any atom is -0.272 e. The van der Waals surface area contributed by atoms with Crippen LogP contribution >= 0.6 is 15.9 Å². The molecule has 3 heteroatoms. The van der Waals surface area contributed by atoms with Crippen molar-refractivity contribution in [2.45, 2.75) is 25.6 Å². The molecule has 0 spiro atoms. The lowest BCUT2D eigenvalue weighted by Gasteiger charge is -1.95. The van der Waals surface area contributed by atoms with E-state index in [1.54, 1.807) is 0 Å². The first kappa shape index (κ1) is 10.5. The molecule has 0 aliphatic carbocycles. The number of aromatic nitrogens is 2. The third-order valence-corrected chi connectivity index (χ3v) is 2.40. The second-order valence-corrected chi connectivity index (χ2v) is 4.69. The molecule has 0 bridgehead atoms. The Balaban J connectivity index is 3.00. The van der Waals surface area contributed by atoms with Crippen LogP contribution in [0.25, 0.3) is 6.08 Å². The van der Waals surface area contributed by atoms with Crippen molar-refractivity contribution in [1.29, 1.82) is 0 Å². The second kappa shape index (κ2) is 4.09. The molecule has 0 N–H and O–H groups in total. The molecule has 1 heterocycles. The van der Waals surface area contributed by atoms with Gasteiger partial charge >= 0.3 is 0 Å². The van der Waals surface area contributed by atoms with Gasteiger partial charge in [0.25, 0.3) is 0 Å². The van der Waals surface area contributed by atoms with Gasteiger partial charge in [0, 0.05) is 23.1 Å². The topological polar surface area (TPSA) is 17.8 Å². The molecule has 0 amide bonds. The smallest absolute Gasteiger partial charge is 0.0668 e. The zero-order valence-electron chi connectivity index (χ0n) is 8.50. The van der Waals surface area contributed by atoms with E-state index in [2.05, 4.69) is 47.0 Å². The van der Waals surface area contributed by atoms with Crippen molar-refractivity contribution in [3.63, 3.8) is 0 Å². The number of rotatable bonds is 2. The summed E-state index contributed by atoms with van der Waals surface area (Å²) in [7, 11) is 1.97. The zero-order chi connectivity index (χ0) is 10.0. The number of nitrogens with zero attached hydrogens (tertiary/aromatic N) is 2. The number of alkyl halides is 1. The lowest BCUT2D eigenvalue weighted by atomic mass is 10.2. The molecule has 2 nitrogen and oxygen atoms in total. The molecule has 1 aromatic rings. The normalized spacial score (nSPS) is 13.9. The van der Waals surface area contributed by atoms with Crippen molar-refractivity contribution in [3.8, 4) is 0 Å². The summed E-state index contributed by atoms with van der Waals surface area (Å²) in [5.74, 6) is 0. The van der Waals surface area contributed by atoms with Crippen LogP contribution in [0.15, 0.2) is 6.08 Å². The predicted molar refractivity (Wildman–Crippen MR) is 60.1 cm³/mol. The van der Waals surface area contributed by atoms with Crippen LogP contribution in [0.4, 0.5) is 0 Å². The number of halogens is 1. The third kappa shape index (κ3) is 2.44. The summed E-state index contributed by atoms with van der Waals surface area (Å²) < 4.78 is 1.91. The summed E-state index contributed by atoms with van der Waals surface area (Å²) in [5.41, 5.74) is 3.53. The second-order valence-electron chi connectivity index (χ2n) is 3.24. The van der Waals surface area contributed by atoms with Gasteiger partial charge < -0.3 is 0 Å². The van der Waals surface area contributed by atoms with Crippen LogP contribution in [-0.4, -0.2) is 14.6 Å². The van der Waals surface area contributed by atoms with Gasteiger partial charge in [0.15, 0.2) is 0 Å². The van der Waals surface area contributed by atoms with E-state index >= 15 is 0 Å². The maximum absolute atomic E-state index is 4.34. The number of hydrogen-bond donors (Lipinski definition) is 0. The molecular formula is C10H15BrN2. The molecule has 0 saturated heterocycles. The van der Waals surface area contributed by atoms with Crippen LogP contribution in [0.3, 0.4) is 0 Å². The van der Waals surface area contributed by atoms with E-state index in [1.165, 1.54) is 11.3 Å². The Morgan fingerprint density at radius 2 is 2.08 bits per heavy atom. The summed E-state index contributed by atoms with van der Waals surface area (Å²) in [6.07, 6.45) is 4.24. The lowest BCUT2D eigenvalue weighted by Crippen LogP contribution is -1.92. The van der Waals surface area contributed by atoms with Crippen molar-refractivity contribution in [3.05, 3.63) is 23.0 Å². The standard InChI is InChI=1S/C10H15BrN2/c1-7(11)5-6-10-8(2)12-13(4)9(10)3/h5-7H,1-4H3/b6-5+. The Labute approximate surface area is 87.8 Å². The molecule has 0 saturated carbocycles. The van der Waals surface area contributed by atoms with Gasteiger partial charge in [-0.2, -0.15) is 5.10 Å². The van der Waals surface area contributed by atoms with E-state index in [0.717, 1.165) is 5.69 Å². The van der Waals surface area contributed by atoms with E-state index in [1.807, 2.05) is 18.7 Å². The van der Waals surface area contributed by atoms with Crippen molar-refractivity contribution in [2.75, 3.05) is 0 Å². The van der Waals surface area contributed by atoms with Gasteiger partial charge in [-0.1, -0.05) is 28.1 Å². The molecule has 1 rings (SSSR count). The maximum Gasteiger partial charge on any atom is 0.0668 e. The first-order chi connectivity index (χ1) is 6.02. The van der Waals surface area contributed by atoms with Crippen molar-refractivity contribution >= 4 is 22.0 Å².